The molecule has 0 amide bonds. The van der Waals surface area contributed by atoms with Crippen molar-refractivity contribution in [2.75, 3.05) is 39.6 Å². The molecule has 0 atom stereocenters. The van der Waals surface area contributed by atoms with Gasteiger partial charge >= 0.3 is 223 Å². The minimum absolute atomic E-state index is 0.551. The van der Waals surface area contributed by atoms with E-state index >= 15 is 0 Å². The molecule has 0 saturated heterocycles. The SMILES string of the molecule is CCCCOP1(OCCCC)=N[PH](OCCCC)(OCCCC)N[PH](OCCCC)(OCCCC)N1. The minimum atomic E-state index is -3.35. The van der Waals surface area contributed by atoms with Gasteiger partial charge in [-0.25, -0.2) is 0 Å². The van der Waals surface area contributed by atoms with Crippen LogP contribution in [0, 0.1) is 0 Å². The van der Waals surface area contributed by atoms with Gasteiger partial charge in [0.1, 0.15) is 0 Å². The van der Waals surface area contributed by atoms with E-state index in [1.165, 1.54) is 0 Å². The molecule has 1 aliphatic heterocycles. The van der Waals surface area contributed by atoms with E-state index in [0.29, 0.717) is 39.6 Å². The second-order valence-electron chi connectivity index (χ2n) is 9.24. The van der Waals surface area contributed by atoms with Crippen molar-refractivity contribution in [2.45, 2.75) is 119 Å². The molecule has 0 aromatic rings. The Balaban J connectivity index is 3.54. The summed E-state index contributed by atoms with van der Waals surface area (Å²) in [4.78, 5) is 7.24. The monoisotopic (exact) mass is 577 g/mol. The zero-order chi connectivity index (χ0) is 26.6. The van der Waals surface area contributed by atoms with Crippen LogP contribution in [0.1, 0.15) is 119 Å². The Hall–Kier alpha value is 0.770. The number of nitrogens with zero attached hydrogens (tertiary/aromatic N) is 1. The first kappa shape index (κ1) is 34.8. The molecule has 12 heteroatoms. The zero-order valence-corrected chi connectivity index (χ0v) is 27.0. The van der Waals surface area contributed by atoms with E-state index in [1.807, 2.05) is 0 Å². The van der Waals surface area contributed by atoms with Gasteiger partial charge in [0.05, 0.1) is 0 Å². The van der Waals surface area contributed by atoms with Crippen LogP contribution in [-0.2, 0) is 27.1 Å². The fourth-order valence-corrected chi connectivity index (χ4v) is 15.6. The number of hydrogen-bond acceptors (Lipinski definition) is 9. The molecule has 36 heavy (non-hydrogen) atoms. The fraction of sp³-hybridized carbons (Fsp3) is 1.00. The van der Waals surface area contributed by atoms with Gasteiger partial charge in [-0.05, 0) is 0 Å². The van der Waals surface area contributed by atoms with E-state index in [4.69, 9.17) is 31.7 Å². The van der Waals surface area contributed by atoms with E-state index in [1.54, 1.807) is 0 Å². The standard InChI is InChI=1S/C24H58N3O6P3/c1-7-13-19-28-34(29-20-14-8-2)25-35(30-21-15-9-3,31-22-16-10-4)27-36(26-34,32-23-17-11-5)33-24-18-12-6/h25-26,34-35H,7-24H2,1-6H3. The average Bonchev–Trinajstić information content (AvgIpc) is 2.85. The third-order valence-electron chi connectivity index (χ3n) is 5.60. The van der Waals surface area contributed by atoms with E-state index in [9.17, 15) is 0 Å². The molecule has 0 aliphatic carbocycles. The van der Waals surface area contributed by atoms with Crippen LogP contribution >= 0.6 is 23.7 Å². The Bertz CT molecular complexity index is 569. The first-order valence-corrected chi connectivity index (χ1v) is 19.7. The molecule has 9 nitrogen and oxygen atoms in total. The molecule has 2 N–H and O–H groups in total. The average molecular weight is 578 g/mol. The quantitative estimate of drug-likeness (QED) is 0.0868. The molecule has 0 fully saturated rings. The Labute approximate surface area is 223 Å². The summed E-state index contributed by atoms with van der Waals surface area (Å²) in [6, 6.07) is 0. The topological polar surface area (TPSA) is 91.8 Å². The van der Waals surface area contributed by atoms with Crippen LogP contribution in [0.25, 0.3) is 0 Å². The third kappa shape index (κ3) is 13.2. The van der Waals surface area contributed by atoms with Crippen molar-refractivity contribution in [2.24, 2.45) is 4.52 Å². The molecule has 220 valence electrons. The summed E-state index contributed by atoms with van der Waals surface area (Å²) < 4.78 is 44.4. The summed E-state index contributed by atoms with van der Waals surface area (Å²) in [5.41, 5.74) is 0. The Morgan fingerprint density at radius 3 is 1.28 bits per heavy atom. The van der Waals surface area contributed by atoms with Gasteiger partial charge in [0, 0.05) is 0 Å². The molecule has 1 aliphatic rings. The molecule has 0 radical (unpaired) electrons. The number of nitrogens with one attached hydrogen (secondary N) is 2. The van der Waals surface area contributed by atoms with Crippen LogP contribution in [0.15, 0.2) is 4.52 Å². The zero-order valence-electron chi connectivity index (χ0n) is 24.1. The molecule has 0 bridgehead atoms. The van der Waals surface area contributed by atoms with Crippen molar-refractivity contribution in [3.05, 3.63) is 0 Å². The van der Waals surface area contributed by atoms with Gasteiger partial charge in [0.25, 0.3) is 0 Å². The maximum atomic E-state index is 6.57. The van der Waals surface area contributed by atoms with Crippen molar-refractivity contribution < 1.29 is 27.1 Å². The van der Waals surface area contributed by atoms with E-state index in [0.717, 1.165) is 77.0 Å². The number of unbranched alkanes of at least 4 members (excludes halogenated alkanes) is 6. The summed E-state index contributed by atoms with van der Waals surface area (Å²) in [7, 11) is -9.55. The molecule has 0 aromatic carbocycles. The molecule has 1 heterocycles. The van der Waals surface area contributed by atoms with Gasteiger partial charge in [0.15, 0.2) is 0 Å². The van der Waals surface area contributed by atoms with Crippen LogP contribution in [0.2, 0.25) is 0 Å². The Kier molecular flexibility index (Phi) is 20.0. The summed E-state index contributed by atoms with van der Waals surface area (Å²) in [5, 5.41) is 0. The van der Waals surface area contributed by atoms with Crippen molar-refractivity contribution in [3.63, 3.8) is 0 Å². The van der Waals surface area contributed by atoms with Crippen molar-refractivity contribution in [1.29, 1.82) is 0 Å². The van der Waals surface area contributed by atoms with E-state index < -0.39 is 23.7 Å². The van der Waals surface area contributed by atoms with Crippen molar-refractivity contribution >= 4 is 23.7 Å². The Morgan fingerprint density at radius 2 is 0.889 bits per heavy atom. The van der Waals surface area contributed by atoms with Crippen molar-refractivity contribution in [3.8, 4) is 0 Å². The molecular weight excluding hydrogens is 519 g/mol. The maximum absolute atomic E-state index is 6.57. The molecule has 1 rings (SSSR count). The second kappa shape index (κ2) is 20.6. The fourth-order valence-electron chi connectivity index (χ4n) is 3.25. The summed E-state index contributed by atoms with van der Waals surface area (Å²) in [6.45, 7) is 16.3. The van der Waals surface area contributed by atoms with Gasteiger partial charge in [-0.3, -0.25) is 0 Å². The second-order valence-corrected chi connectivity index (χ2v) is 17.0. The van der Waals surface area contributed by atoms with Crippen LogP contribution in [0.4, 0.5) is 0 Å². The normalized spacial score (nSPS) is 20.1. The number of rotatable bonds is 24. The van der Waals surface area contributed by atoms with Crippen LogP contribution in [0.3, 0.4) is 0 Å². The third-order valence-corrected chi connectivity index (χ3v) is 16.1. The molecule has 0 unspecified atom stereocenters. The van der Waals surface area contributed by atoms with E-state index in [2.05, 4.69) is 51.3 Å². The summed E-state index contributed by atoms with van der Waals surface area (Å²) in [5.74, 6) is 0. The molecule has 0 saturated carbocycles. The van der Waals surface area contributed by atoms with Gasteiger partial charge in [-0.1, -0.05) is 0 Å². The van der Waals surface area contributed by atoms with Crippen LogP contribution in [0.5, 0.6) is 0 Å². The Morgan fingerprint density at radius 1 is 0.528 bits per heavy atom. The molecule has 0 spiro atoms. The van der Waals surface area contributed by atoms with Gasteiger partial charge in [-0.2, -0.15) is 0 Å². The predicted octanol–water partition coefficient (Wildman–Crippen LogP) is 8.85. The van der Waals surface area contributed by atoms with Gasteiger partial charge < -0.3 is 0 Å². The summed E-state index contributed by atoms with van der Waals surface area (Å²) in [6.07, 6.45) is 11.8. The molecule has 0 aromatic heterocycles. The van der Waals surface area contributed by atoms with E-state index in [-0.39, 0.29) is 0 Å². The van der Waals surface area contributed by atoms with Gasteiger partial charge in [0.2, 0.25) is 0 Å². The first-order valence-electron chi connectivity index (χ1n) is 14.6. The molecular formula is C24H58N3O6P3. The first-order chi connectivity index (χ1) is 17.5. The predicted molar refractivity (Wildman–Crippen MR) is 157 cm³/mol. The van der Waals surface area contributed by atoms with Crippen molar-refractivity contribution in [1.82, 2.24) is 9.72 Å². The summed E-state index contributed by atoms with van der Waals surface area (Å²) >= 11 is 0. The van der Waals surface area contributed by atoms with Crippen LogP contribution in [-0.4, -0.2) is 39.6 Å². The number of hydrogen-bond donors (Lipinski definition) is 2. The van der Waals surface area contributed by atoms with Crippen LogP contribution < -0.4 is 9.72 Å². The van der Waals surface area contributed by atoms with Gasteiger partial charge in [-0.15, -0.1) is 0 Å².